The second-order valence-corrected chi connectivity index (χ2v) is 5.38. The molecule has 3 heteroatoms. The van der Waals surface area contributed by atoms with Gasteiger partial charge in [-0.1, -0.05) is 28.1 Å². The third-order valence-corrected chi connectivity index (χ3v) is 3.37. The van der Waals surface area contributed by atoms with E-state index in [1.54, 1.807) is 0 Å². The summed E-state index contributed by atoms with van der Waals surface area (Å²) < 4.78 is 6.78. The SMILES string of the molecule is CN(Cc1cccc(Br)c1)CC1CCCO1. The van der Waals surface area contributed by atoms with Crippen LogP contribution in [0.15, 0.2) is 28.7 Å². The lowest BCUT2D eigenvalue weighted by Gasteiger charge is -2.20. The molecule has 0 saturated carbocycles. The van der Waals surface area contributed by atoms with Crippen LogP contribution in [0.1, 0.15) is 18.4 Å². The monoisotopic (exact) mass is 283 g/mol. The van der Waals surface area contributed by atoms with E-state index in [4.69, 9.17) is 4.74 Å². The second kappa shape index (κ2) is 5.80. The van der Waals surface area contributed by atoms with Gasteiger partial charge >= 0.3 is 0 Å². The van der Waals surface area contributed by atoms with E-state index >= 15 is 0 Å². The number of rotatable bonds is 4. The van der Waals surface area contributed by atoms with Gasteiger partial charge in [-0.2, -0.15) is 0 Å². The van der Waals surface area contributed by atoms with E-state index in [1.807, 2.05) is 0 Å². The first-order valence-electron chi connectivity index (χ1n) is 5.78. The third kappa shape index (κ3) is 3.58. The molecule has 16 heavy (non-hydrogen) atoms. The van der Waals surface area contributed by atoms with Gasteiger partial charge in [0, 0.05) is 24.2 Å². The fourth-order valence-electron chi connectivity index (χ4n) is 2.15. The topological polar surface area (TPSA) is 12.5 Å². The lowest BCUT2D eigenvalue weighted by atomic mass is 10.2. The van der Waals surface area contributed by atoms with Crippen molar-refractivity contribution in [3.63, 3.8) is 0 Å². The molecule has 2 nitrogen and oxygen atoms in total. The van der Waals surface area contributed by atoms with Gasteiger partial charge in [-0.3, -0.25) is 4.90 Å². The summed E-state index contributed by atoms with van der Waals surface area (Å²) in [7, 11) is 2.16. The molecule has 2 rings (SSSR count). The normalized spacial score (nSPS) is 20.6. The molecule has 1 heterocycles. The number of nitrogens with zero attached hydrogens (tertiary/aromatic N) is 1. The van der Waals surface area contributed by atoms with Crippen LogP contribution in [0.4, 0.5) is 0 Å². The van der Waals surface area contributed by atoms with Crippen molar-refractivity contribution in [2.45, 2.75) is 25.5 Å². The van der Waals surface area contributed by atoms with Crippen molar-refractivity contribution < 1.29 is 4.74 Å². The minimum Gasteiger partial charge on any atom is -0.377 e. The van der Waals surface area contributed by atoms with Gasteiger partial charge in [0.15, 0.2) is 0 Å². The van der Waals surface area contributed by atoms with E-state index in [0.717, 1.165) is 24.2 Å². The highest BCUT2D eigenvalue weighted by Crippen LogP contribution is 2.16. The molecule has 0 aromatic heterocycles. The van der Waals surface area contributed by atoms with Gasteiger partial charge in [-0.15, -0.1) is 0 Å². The molecule has 1 aliphatic rings. The summed E-state index contributed by atoms with van der Waals surface area (Å²) in [5.41, 5.74) is 1.34. The number of benzene rings is 1. The molecule has 1 unspecified atom stereocenters. The van der Waals surface area contributed by atoms with E-state index in [2.05, 4.69) is 52.1 Å². The molecule has 0 radical (unpaired) electrons. The predicted molar refractivity (Wildman–Crippen MR) is 69.5 cm³/mol. The number of likely N-dealkylation sites (N-methyl/N-ethyl adjacent to an activating group) is 1. The van der Waals surface area contributed by atoms with Crippen molar-refractivity contribution in [3.05, 3.63) is 34.3 Å². The Labute approximate surface area is 106 Å². The van der Waals surface area contributed by atoms with Gasteiger partial charge < -0.3 is 4.74 Å². The summed E-state index contributed by atoms with van der Waals surface area (Å²) in [5.74, 6) is 0. The van der Waals surface area contributed by atoms with Crippen LogP contribution < -0.4 is 0 Å². The van der Waals surface area contributed by atoms with Crippen molar-refractivity contribution in [2.75, 3.05) is 20.2 Å². The minimum absolute atomic E-state index is 0.442. The number of halogens is 1. The van der Waals surface area contributed by atoms with Crippen LogP contribution in [0.2, 0.25) is 0 Å². The first-order chi connectivity index (χ1) is 7.74. The highest BCUT2D eigenvalue weighted by molar-refractivity contribution is 9.10. The molecular formula is C13H18BrNO. The Morgan fingerprint density at radius 2 is 2.38 bits per heavy atom. The Hall–Kier alpha value is -0.380. The van der Waals surface area contributed by atoms with Gasteiger partial charge in [0.25, 0.3) is 0 Å². The van der Waals surface area contributed by atoms with Gasteiger partial charge in [0.05, 0.1) is 6.10 Å². The molecule has 1 aliphatic heterocycles. The van der Waals surface area contributed by atoms with Crippen molar-refractivity contribution in [3.8, 4) is 0 Å². The number of ether oxygens (including phenoxy) is 1. The largest absolute Gasteiger partial charge is 0.377 e. The molecule has 0 N–H and O–H groups in total. The van der Waals surface area contributed by atoms with E-state index in [1.165, 1.54) is 18.4 Å². The minimum atomic E-state index is 0.442. The molecule has 0 bridgehead atoms. The predicted octanol–water partition coefficient (Wildman–Crippen LogP) is 3.06. The Morgan fingerprint density at radius 3 is 3.06 bits per heavy atom. The van der Waals surface area contributed by atoms with Crippen LogP contribution in [0.25, 0.3) is 0 Å². The fraction of sp³-hybridized carbons (Fsp3) is 0.538. The van der Waals surface area contributed by atoms with Crippen molar-refractivity contribution in [2.24, 2.45) is 0 Å². The number of hydrogen-bond acceptors (Lipinski definition) is 2. The molecular weight excluding hydrogens is 266 g/mol. The lowest BCUT2D eigenvalue weighted by molar-refractivity contribution is 0.0793. The first kappa shape index (κ1) is 12.1. The zero-order valence-corrected chi connectivity index (χ0v) is 11.2. The molecule has 0 amide bonds. The maximum absolute atomic E-state index is 5.63. The molecule has 0 aliphatic carbocycles. The summed E-state index contributed by atoms with van der Waals surface area (Å²) in [6.07, 6.45) is 2.87. The summed E-state index contributed by atoms with van der Waals surface area (Å²) in [6.45, 7) is 2.96. The second-order valence-electron chi connectivity index (χ2n) is 4.46. The van der Waals surface area contributed by atoms with Crippen molar-refractivity contribution in [1.82, 2.24) is 4.90 Å². The summed E-state index contributed by atoms with van der Waals surface area (Å²) in [6, 6.07) is 8.48. The average molecular weight is 284 g/mol. The molecule has 88 valence electrons. The standard InChI is InChI=1S/C13H18BrNO/c1-15(10-13-6-3-7-16-13)9-11-4-2-5-12(14)8-11/h2,4-5,8,13H,3,6-7,9-10H2,1H3. The maximum atomic E-state index is 5.63. The quantitative estimate of drug-likeness (QED) is 0.842. The average Bonchev–Trinajstić information content (AvgIpc) is 2.70. The van der Waals surface area contributed by atoms with Gasteiger partial charge in [0.1, 0.15) is 0 Å². The van der Waals surface area contributed by atoms with Gasteiger partial charge in [0.2, 0.25) is 0 Å². The van der Waals surface area contributed by atoms with Gasteiger partial charge in [-0.05, 0) is 37.6 Å². The molecule has 1 saturated heterocycles. The van der Waals surface area contributed by atoms with Crippen molar-refractivity contribution in [1.29, 1.82) is 0 Å². The smallest absolute Gasteiger partial charge is 0.0702 e. The van der Waals surface area contributed by atoms with E-state index < -0.39 is 0 Å². The maximum Gasteiger partial charge on any atom is 0.0702 e. The molecule has 0 spiro atoms. The van der Waals surface area contributed by atoms with Crippen LogP contribution in [-0.4, -0.2) is 31.2 Å². The summed E-state index contributed by atoms with van der Waals surface area (Å²) in [5, 5.41) is 0. The van der Waals surface area contributed by atoms with Crippen LogP contribution in [-0.2, 0) is 11.3 Å². The summed E-state index contributed by atoms with van der Waals surface area (Å²) >= 11 is 3.50. The van der Waals surface area contributed by atoms with E-state index in [-0.39, 0.29) is 0 Å². The van der Waals surface area contributed by atoms with Crippen molar-refractivity contribution >= 4 is 15.9 Å². The Morgan fingerprint density at radius 1 is 1.50 bits per heavy atom. The Kier molecular flexibility index (Phi) is 4.38. The van der Waals surface area contributed by atoms with Crippen LogP contribution in [0.5, 0.6) is 0 Å². The van der Waals surface area contributed by atoms with Crippen LogP contribution in [0.3, 0.4) is 0 Å². The van der Waals surface area contributed by atoms with Crippen LogP contribution >= 0.6 is 15.9 Å². The highest BCUT2D eigenvalue weighted by Gasteiger charge is 2.17. The Balaban J connectivity index is 1.84. The zero-order chi connectivity index (χ0) is 11.4. The summed E-state index contributed by atoms with van der Waals surface area (Å²) in [4.78, 5) is 2.33. The highest BCUT2D eigenvalue weighted by atomic mass is 79.9. The molecule has 1 aromatic rings. The van der Waals surface area contributed by atoms with Gasteiger partial charge in [-0.25, -0.2) is 0 Å². The Bertz CT molecular complexity index is 336. The molecule has 1 aromatic carbocycles. The third-order valence-electron chi connectivity index (χ3n) is 2.88. The zero-order valence-electron chi connectivity index (χ0n) is 9.66. The van der Waals surface area contributed by atoms with Crippen LogP contribution in [0, 0.1) is 0 Å². The fourth-order valence-corrected chi connectivity index (χ4v) is 2.59. The van der Waals surface area contributed by atoms with E-state index in [0.29, 0.717) is 6.10 Å². The number of hydrogen-bond donors (Lipinski definition) is 0. The van der Waals surface area contributed by atoms with E-state index in [9.17, 15) is 0 Å². The molecule has 1 fully saturated rings. The molecule has 1 atom stereocenters. The lowest BCUT2D eigenvalue weighted by Crippen LogP contribution is -2.28. The first-order valence-corrected chi connectivity index (χ1v) is 6.58.